The number of carboxylic acid groups (broad SMARTS) is 1. The fourth-order valence-electron chi connectivity index (χ4n) is 1.44. The zero-order valence-electron chi connectivity index (χ0n) is 11.0. The van der Waals surface area contributed by atoms with Gasteiger partial charge in [-0.3, -0.25) is 9.59 Å². The molecule has 0 aliphatic carbocycles. The van der Waals surface area contributed by atoms with Crippen molar-refractivity contribution in [3.63, 3.8) is 0 Å². The van der Waals surface area contributed by atoms with Crippen LogP contribution in [0.3, 0.4) is 0 Å². The van der Waals surface area contributed by atoms with Crippen LogP contribution in [0.4, 0.5) is 5.13 Å². The van der Waals surface area contributed by atoms with Crippen LogP contribution in [0, 0.1) is 18.3 Å². The summed E-state index contributed by atoms with van der Waals surface area (Å²) in [5.41, 5.74) is -0.226. The molecule has 100 valence electrons. The van der Waals surface area contributed by atoms with Crippen LogP contribution in [0.5, 0.6) is 0 Å². The molecule has 1 atom stereocenters. The number of aryl methyl sites for hydroxylation is 1. The maximum absolute atomic E-state index is 11.8. The largest absolute Gasteiger partial charge is 0.481 e. The lowest BCUT2D eigenvalue weighted by molar-refractivity contribution is -0.153. The normalized spacial score (nSPS) is 14.3. The van der Waals surface area contributed by atoms with Gasteiger partial charge in [-0.05, 0) is 19.8 Å². The van der Waals surface area contributed by atoms with Gasteiger partial charge in [0.15, 0.2) is 5.13 Å². The molecule has 2 N–H and O–H groups in total. The van der Waals surface area contributed by atoms with E-state index in [4.69, 9.17) is 0 Å². The van der Waals surface area contributed by atoms with Crippen molar-refractivity contribution in [1.82, 2.24) is 4.98 Å². The maximum atomic E-state index is 11.8. The Morgan fingerprint density at radius 1 is 1.56 bits per heavy atom. The Kier molecular flexibility index (Phi) is 4.45. The summed E-state index contributed by atoms with van der Waals surface area (Å²) >= 11 is 1.33. The smallest absolute Gasteiger partial charge is 0.310 e. The molecule has 0 saturated heterocycles. The number of thiazole rings is 1. The standard InChI is InChI=1S/C12H18N2O3S/c1-7(2)12(4,10(16)17)5-9(15)14-11-13-8(3)6-18-11/h6-7H,5H2,1-4H3,(H,16,17)(H,13,14,15). The molecular formula is C12H18N2O3S. The predicted molar refractivity (Wildman–Crippen MR) is 70.7 cm³/mol. The van der Waals surface area contributed by atoms with Gasteiger partial charge < -0.3 is 10.4 Å². The molecule has 18 heavy (non-hydrogen) atoms. The molecule has 0 spiro atoms. The van der Waals surface area contributed by atoms with Crippen LogP contribution in [-0.2, 0) is 9.59 Å². The number of rotatable bonds is 5. The van der Waals surface area contributed by atoms with Gasteiger partial charge in [0.2, 0.25) is 5.91 Å². The highest BCUT2D eigenvalue weighted by atomic mass is 32.1. The minimum Gasteiger partial charge on any atom is -0.481 e. The fraction of sp³-hybridized carbons (Fsp3) is 0.583. The van der Waals surface area contributed by atoms with E-state index < -0.39 is 11.4 Å². The van der Waals surface area contributed by atoms with Crippen LogP contribution in [0.2, 0.25) is 0 Å². The second-order valence-corrected chi connectivity index (χ2v) is 5.75. The van der Waals surface area contributed by atoms with Gasteiger partial charge in [0.1, 0.15) is 0 Å². The highest BCUT2D eigenvalue weighted by molar-refractivity contribution is 7.13. The monoisotopic (exact) mass is 270 g/mol. The van der Waals surface area contributed by atoms with Crippen LogP contribution in [0.25, 0.3) is 0 Å². The summed E-state index contributed by atoms with van der Waals surface area (Å²) in [5.74, 6) is -1.40. The summed E-state index contributed by atoms with van der Waals surface area (Å²) in [6.45, 7) is 7.03. The quantitative estimate of drug-likeness (QED) is 0.861. The fourth-order valence-corrected chi connectivity index (χ4v) is 2.14. The Bertz CT molecular complexity index is 456. The Morgan fingerprint density at radius 2 is 2.17 bits per heavy atom. The van der Waals surface area contributed by atoms with E-state index in [1.165, 1.54) is 11.3 Å². The molecule has 0 aliphatic rings. The Labute approximate surface area is 110 Å². The summed E-state index contributed by atoms with van der Waals surface area (Å²) in [7, 11) is 0. The van der Waals surface area contributed by atoms with Gasteiger partial charge in [0.05, 0.1) is 11.1 Å². The highest BCUT2D eigenvalue weighted by Crippen LogP contribution is 2.31. The lowest BCUT2D eigenvalue weighted by Gasteiger charge is -2.28. The Balaban J connectivity index is 2.71. The van der Waals surface area contributed by atoms with E-state index >= 15 is 0 Å². The van der Waals surface area contributed by atoms with Gasteiger partial charge in [0.25, 0.3) is 0 Å². The Hall–Kier alpha value is -1.43. The predicted octanol–water partition coefficient (Wildman–Crippen LogP) is 2.53. The van der Waals surface area contributed by atoms with E-state index in [-0.39, 0.29) is 18.2 Å². The molecule has 1 heterocycles. The molecule has 0 radical (unpaired) electrons. The van der Waals surface area contributed by atoms with Crippen molar-refractivity contribution in [3.05, 3.63) is 11.1 Å². The van der Waals surface area contributed by atoms with E-state index in [0.717, 1.165) is 5.69 Å². The van der Waals surface area contributed by atoms with E-state index in [0.29, 0.717) is 5.13 Å². The molecule has 5 nitrogen and oxygen atoms in total. The van der Waals surface area contributed by atoms with Crippen molar-refractivity contribution < 1.29 is 14.7 Å². The Morgan fingerprint density at radius 3 is 2.56 bits per heavy atom. The second-order valence-electron chi connectivity index (χ2n) is 4.90. The average Bonchev–Trinajstić information content (AvgIpc) is 2.62. The number of carboxylic acids is 1. The summed E-state index contributed by atoms with van der Waals surface area (Å²) in [6.07, 6.45) is -0.0569. The number of nitrogens with zero attached hydrogens (tertiary/aromatic N) is 1. The summed E-state index contributed by atoms with van der Waals surface area (Å²) in [6, 6.07) is 0. The summed E-state index contributed by atoms with van der Waals surface area (Å²) in [4.78, 5) is 27.2. The summed E-state index contributed by atoms with van der Waals surface area (Å²) < 4.78 is 0. The van der Waals surface area contributed by atoms with Crippen molar-refractivity contribution in [2.24, 2.45) is 11.3 Å². The first-order chi connectivity index (χ1) is 8.25. The van der Waals surface area contributed by atoms with Crippen LogP contribution >= 0.6 is 11.3 Å². The number of nitrogens with one attached hydrogen (secondary N) is 1. The number of anilines is 1. The molecule has 1 unspecified atom stereocenters. The minimum absolute atomic E-state index is 0.0569. The summed E-state index contributed by atoms with van der Waals surface area (Å²) in [5, 5.41) is 14.2. The molecule has 1 amide bonds. The molecule has 0 bridgehead atoms. The van der Waals surface area contributed by atoms with Crippen molar-refractivity contribution in [2.75, 3.05) is 5.32 Å². The number of aliphatic carboxylic acids is 1. The van der Waals surface area contributed by atoms with Crippen LogP contribution in [0.1, 0.15) is 32.9 Å². The first kappa shape index (κ1) is 14.6. The third kappa shape index (κ3) is 3.29. The van der Waals surface area contributed by atoms with Gasteiger partial charge in [-0.1, -0.05) is 13.8 Å². The average molecular weight is 270 g/mol. The van der Waals surface area contributed by atoms with Crippen LogP contribution in [-0.4, -0.2) is 22.0 Å². The molecular weight excluding hydrogens is 252 g/mol. The van der Waals surface area contributed by atoms with Crippen molar-refractivity contribution in [3.8, 4) is 0 Å². The first-order valence-corrected chi connectivity index (χ1v) is 6.59. The van der Waals surface area contributed by atoms with Gasteiger partial charge in [-0.2, -0.15) is 0 Å². The van der Waals surface area contributed by atoms with E-state index in [1.807, 2.05) is 12.3 Å². The number of carbonyl (C=O) groups is 2. The van der Waals surface area contributed by atoms with Gasteiger partial charge in [-0.15, -0.1) is 11.3 Å². The van der Waals surface area contributed by atoms with Gasteiger partial charge in [-0.25, -0.2) is 4.98 Å². The number of hydrogen-bond acceptors (Lipinski definition) is 4. The zero-order valence-corrected chi connectivity index (χ0v) is 11.8. The van der Waals surface area contributed by atoms with Crippen molar-refractivity contribution >= 4 is 28.3 Å². The molecule has 1 aromatic heterocycles. The van der Waals surface area contributed by atoms with E-state index in [9.17, 15) is 14.7 Å². The molecule has 1 aromatic rings. The molecule has 0 aliphatic heterocycles. The van der Waals surface area contributed by atoms with E-state index in [1.54, 1.807) is 20.8 Å². The zero-order chi connectivity index (χ0) is 13.9. The second kappa shape index (κ2) is 5.48. The van der Waals surface area contributed by atoms with E-state index in [2.05, 4.69) is 10.3 Å². The number of aromatic nitrogens is 1. The SMILES string of the molecule is Cc1csc(NC(=O)CC(C)(C(=O)O)C(C)C)n1. The topological polar surface area (TPSA) is 79.3 Å². The molecule has 0 saturated carbocycles. The molecule has 1 rings (SSSR count). The number of amides is 1. The van der Waals surface area contributed by atoms with Gasteiger partial charge in [0, 0.05) is 11.8 Å². The van der Waals surface area contributed by atoms with Gasteiger partial charge >= 0.3 is 5.97 Å². The highest BCUT2D eigenvalue weighted by Gasteiger charge is 2.38. The third-order valence-electron chi connectivity index (χ3n) is 3.16. The minimum atomic E-state index is -1.06. The number of carbonyl (C=O) groups excluding carboxylic acids is 1. The number of hydrogen-bond donors (Lipinski definition) is 2. The van der Waals surface area contributed by atoms with Crippen LogP contribution in [0.15, 0.2) is 5.38 Å². The first-order valence-electron chi connectivity index (χ1n) is 5.71. The molecule has 0 fully saturated rings. The maximum Gasteiger partial charge on any atom is 0.310 e. The molecule has 6 heteroatoms. The molecule has 0 aromatic carbocycles. The van der Waals surface area contributed by atoms with Crippen molar-refractivity contribution in [1.29, 1.82) is 0 Å². The lowest BCUT2D eigenvalue weighted by Crippen LogP contribution is -2.37. The lowest BCUT2D eigenvalue weighted by atomic mass is 9.76. The van der Waals surface area contributed by atoms with Crippen molar-refractivity contribution in [2.45, 2.75) is 34.1 Å². The van der Waals surface area contributed by atoms with Crippen LogP contribution < -0.4 is 5.32 Å². The third-order valence-corrected chi connectivity index (χ3v) is 4.03.